The van der Waals surface area contributed by atoms with Crippen molar-refractivity contribution in [3.05, 3.63) is 41.4 Å². The van der Waals surface area contributed by atoms with Gasteiger partial charge in [-0.1, -0.05) is 6.92 Å². The van der Waals surface area contributed by atoms with Crippen LogP contribution in [0.25, 0.3) is 11.3 Å². The first-order valence-corrected chi connectivity index (χ1v) is 9.06. The molecule has 136 valence electrons. The summed E-state index contributed by atoms with van der Waals surface area (Å²) in [6.45, 7) is 2.77. The third-order valence-corrected chi connectivity index (χ3v) is 4.34. The summed E-state index contributed by atoms with van der Waals surface area (Å²) in [5, 5.41) is 9.28. The Labute approximate surface area is 155 Å². The molecule has 0 fully saturated rings. The second kappa shape index (κ2) is 8.01. The molecule has 1 N–H and O–H groups in total. The number of amides is 1. The Bertz CT molecular complexity index is 886. The van der Waals surface area contributed by atoms with Crippen molar-refractivity contribution in [1.29, 1.82) is 0 Å². The van der Waals surface area contributed by atoms with Gasteiger partial charge in [-0.25, -0.2) is 4.98 Å². The summed E-state index contributed by atoms with van der Waals surface area (Å²) in [6.07, 6.45) is 2.58. The zero-order valence-electron chi connectivity index (χ0n) is 14.9. The molecule has 0 aliphatic heterocycles. The third-order valence-electron chi connectivity index (χ3n) is 3.58. The van der Waals surface area contributed by atoms with Gasteiger partial charge in [0.15, 0.2) is 5.13 Å². The minimum atomic E-state index is -0.306. The number of benzene rings is 1. The molecular weight excluding hydrogens is 352 g/mol. The molecule has 7 nitrogen and oxygen atoms in total. The molecule has 1 amide bonds. The van der Waals surface area contributed by atoms with E-state index in [9.17, 15) is 4.79 Å². The van der Waals surface area contributed by atoms with Gasteiger partial charge in [0.1, 0.15) is 11.3 Å². The van der Waals surface area contributed by atoms with Crippen LogP contribution < -0.4 is 14.8 Å². The first kappa shape index (κ1) is 17.9. The molecule has 3 aromatic rings. The van der Waals surface area contributed by atoms with Crippen LogP contribution in [0, 0.1) is 0 Å². The van der Waals surface area contributed by atoms with Crippen LogP contribution in [-0.4, -0.2) is 34.4 Å². The van der Waals surface area contributed by atoms with Gasteiger partial charge in [0, 0.05) is 24.2 Å². The lowest BCUT2D eigenvalue weighted by Crippen LogP contribution is -2.12. The second-order valence-corrected chi connectivity index (χ2v) is 6.45. The van der Waals surface area contributed by atoms with Crippen LogP contribution in [0.1, 0.15) is 23.7 Å². The number of nitrogens with zero attached hydrogens (tertiary/aromatic N) is 3. The SMILES string of the molecule is CCCOc1ccc(-c2csc(NC(=O)c3cn(C)nc3OC)n2)cc1. The molecule has 2 heterocycles. The fourth-order valence-corrected chi connectivity index (χ4v) is 3.06. The van der Waals surface area contributed by atoms with Gasteiger partial charge in [-0.2, -0.15) is 0 Å². The molecule has 26 heavy (non-hydrogen) atoms. The Kier molecular flexibility index (Phi) is 5.52. The monoisotopic (exact) mass is 372 g/mol. The van der Waals surface area contributed by atoms with E-state index < -0.39 is 0 Å². The van der Waals surface area contributed by atoms with E-state index in [-0.39, 0.29) is 11.8 Å². The average Bonchev–Trinajstić information content (AvgIpc) is 3.26. The number of methoxy groups -OCH3 is 1. The predicted molar refractivity (Wildman–Crippen MR) is 101 cm³/mol. The Morgan fingerprint density at radius 3 is 2.77 bits per heavy atom. The molecule has 0 aliphatic rings. The maximum atomic E-state index is 12.4. The molecule has 0 spiro atoms. The van der Waals surface area contributed by atoms with Gasteiger partial charge < -0.3 is 9.47 Å². The highest BCUT2D eigenvalue weighted by Gasteiger charge is 2.17. The van der Waals surface area contributed by atoms with Gasteiger partial charge in [0.2, 0.25) is 5.88 Å². The minimum absolute atomic E-state index is 0.282. The Balaban J connectivity index is 1.70. The zero-order chi connectivity index (χ0) is 18.5. The highest BCUT2D eigenvalue weighted by atomic mass is 32.1. The molecule has 8 heteroatoms. The molecule has 0 radical (unpaired) electrons. The molecule has 0 saturated heterocycles. The van der Waals surface area contributed by atoms with E-state index in [1.807, 2.05) is 29.6 Å². The zero-order valence-corrected chi connectivity index (χ0v) is 15.7. The number of ether oxygens (including phenoxy) is 2. The van der Waals surface area contributed by atoms with E-state index in [1.54, 1.807) is 13.2 Å². The molecule has 2 aromatic heterocycles. The number of anilines is 1. The number of carbonyl (C=O) groups is 1. The molecule has 0 bridgehead atoms. The van der Waals surface area contributed by atoms with Crippen molar-refractivity contribution in [2.24, 2.45) is 7.05 Å². The van der Waals surface area contributed by atoms with E-state index in [2.05, 4.69) is 22.3 Å². The first-order chi connectivity index (χ1) is 12.6. The van der Waals surface area contributed by atoms with Crippen LogP contribution in [0.4, 0.5) is 5.13 Å². The average molecular weight is 372 g/mol. The van der Waals surface area contributed by atoms with Crippen molar-refractivity contribution in [3.63, 3.8) is 0 Å². The number of aryl methyl sites for hydroxylation is 1. The lowest BCUT2D eigenvalue weighted by molar-refractivity contribution is 0.102. The summed E-state index contributed by atoms with van der Waals surface area (Å²) >= 11 is 1.36. The summed E-state index contributed by atoms with van der Waals surface area (Å²) < 4.78 is 12.2. The van der Waals surface area contributed by atoms with Crippen LogP contribution in [0.3, 0.4) is 0 Å². The molecule has 1 aromatic carbocycles. The molecule has 3 rings (SSSR count). The Hall–Kier alpha value is -2.87. The van der Waals surface area contributed by atoms with Crippen molar-refractivity contribution in [2.45, 2.75) is 13.3 Å². The van der Waals surface area contributed by atoms with Gasteiger partial charge in [0.05, 0.1) is 19.4 Å². The van der Waals surface area contributed by atoms with Gasteiger partial charge in [-0.3, -0.25) is 14.8 Å². The van der Waals surface area contributed by atoms with Crippen molar-refractivity contribution in [2.75, 3.05) is 19.0 Å². The Morgan fingerprint density at radius 2 is 2.08 bits per heavy atom. The van der Waals surface area contributed by atoms with Crippen LogP contribution in [0.15, 0.2) is 35.8 Å². The molecule has 0 aliphatic carbocycles. The number of hydrogen-bond donors (Lipinski definition) is 1. The topological polar surface area (TPSA) is 78.3 Å². The normalized spacial score (nSPS) is 10.6. The Morgan fingerprint density at radius 1 is 1.31 bits per heavy atom. The first-order valence-electron chi connectivity index (χ1n) is 8.18. The number of carbonyl (C=O) groups excluding carboxylic acids is 1. The van der Waals surface area contributed by atoms with Crippen molar-refractivity contribution < 1.29 is 14.3 Å². The standard InChI is InChI=1S/C18H20N4O3S/c1-4-9-25-13-7-5-12(6-8-13)15-11-26-18(19-15)20-16(23)14-10-22(2)21-17(14)24-3/h5-8,10-11H,4,9H2,1-3H3,(H,19,20,23). The smallest absolute Gasteiger partial charge is 0.264 e. The lowest BCUT2D eigenvalue weighted by Gasteiger charge is -2.04. The summed E-state index contributed by atoms with van der Waals surface area (Å²) in [7, 11) is 3.21. The number of aromatic nitrogens is 3. The van der Waals surface area contributed by atoms with Crippen molar-refractivity contribution in [1.82, 2.24) is 14.8 Å². The van der Waals surface area contributed by atoms with Crippen molar-refractivity contribution >= 4 is 22.4 Å². The highest BCUT2D eigenvalue weighted by Crippen LogP contribution is 2.27. The second-order valence-electron chi connectivity index (χ2n) is 5.59. The van der Waals surface area contributed by atoms with Gasteiger partial charge in [-0.05, 0) is 30.7 Å². The molecule has 0 atom stereocenters. The van der Waals surface area contributed by atoms with Gasteiger partial charge in [0.25, 0.3) is 5.91 Å². The maximum absolute atomic E-state index is 12.4. The lowest BCUT2D eigenvalue weighted by atomic mass is 10.2. The number of nitrogens with one attached hydrogen (secondary N) is 1. The van der Waals surface area contributed by atoms with E-state index in [1.165, 1.54) is 23.1 Å². The predicted octanol–water partition coefficient (Wildman–Crippen LogP) is 3.59. The molecule has 0 unspecified atom stereocenters. The van der Waals surface area contributed by atoms with E-state index >= 15 is 0 Å². The van der Waals surface area contributed by atoms with Gasteiger partial charge in [-0.15, -0.1) is 16.4 Å². The highest BCUT2D eigenvalue weighted by molar-refractivity contribution is 7.14. The number of rotatable bonds is 7. The van der Waals surface area contributed by atoms with E-state index in [0.29, 0.717) is 17.3 Å². The molecular formula is C18H20N4O3S. The van der Waals surface area contributed by atoms with Crippen molar-refractivity contribution in [3.8, 4) is 22.9 Å². The third kappa shape index (κ3) is 4.02. The maximum Gasteiger partial charge on any atom is 0.264 e. The van der Waals surface area contributed by atoms with Crippen LogP contribution in [0.2, 0.25) is 0 Å². The van der Waals surface area contributed by atoms with Crippen LogP contribution in [-0.2, 0) is 7.05 Å². The minimum Gasteiger partial charge on any atom is -0.494 e. The van der Waals surface area contributed by atoms with Crippen LogP contribution >= 0.6 is 11.3 Å². The van der Waals surface area contributed by atoms with E-state index in [4.69, 9.17) is 9.47 Å². The van der Waals surface area contributed by atoms with Gasteiger partial charge >= 0.3 is 0 Å². The summed E-state index contributed by atoms with van der Waals surface area (Å²) in [5.41, 5.74) is 2.12. The number of thiazole rings is 1. The summed E-state index contributed by atoms with van der Waals surface area (Å²) in [4.78, 5) is 16.9. The quantitative estimate of drug-likeness (QED) is 0.686. The molecule has 0 saturated carbocycles. The van der Waals surface area contributed by atoms with E-state index in [0.717, 1.165) is 23.4 Å². The summed E-state index contributed by atoms with van der Waals surface area (Å²) in [6, 6.07) is 7.75. The fourth-order valence-electron chi connectivity index (χ4n) is 2.34. The number of hydrogen-bond acceptors (Lipinski definition) is 6. The fraction of sp³-hybridized carbons (Fsp3) is 0.278. The summed E-state index contributed by atoms with van der Waals surface area (Å²) in [5.74, 6) is 0.812. The van der Waals surface area contributed by atoms with Crippen LogP contribution in [0.5, 0.6) is 11.6 Å². The largest absolute Gasteiger partial charge is 0.494 e.